The lowest BCUT2D eigenvalue weighted by atomic mass is 10.0. The maximum atomic E-state index is 2.64. The Morgan fingerprint density at radius 2 is 1.18 bits per heavy atom. The highest BCUT2D eigenvalue weighted by Crippen LogP contribution is 2.44. The predicted molar refractivity (Wildman–Crippen MR) is 153 cm³/mol. The zero-order chi connectivity index (χ0) is 23.7. The second-order valence-electron chi connectivity index (χ2n) is 10.7. The Morgan fingerprint density at radius 1 is 0.697 bits per heavy atom. The Labute approximate surface area is 204 Å². The van der Waals surface area contributed by atoms with E-state index in [9.17, 15) is 0 Å². The highest BCUT2D eigenvalue weighted by atomic mass is 28.3. The Kier molecular flexibility index (Phi) is 9.11. The lowest BCUT2D eigenvalue weighted by molar-refractivity contribution is 0.811. The third kappa shape index (κ3) is 6.68. The van der Waals surface area contributed by atoms with E-state index in [1.165, 1.54) is 36.4 Å². The molecule has 0 saturated heterocycles. The van der Waals surface area contributed by atoms with Crippen molar-refractivity contribution in [1.29, 1.82) is 0 Å². The first kappa shape index (κ1) is 25.5. The number of benzene rings is 3. The van der Waals surface area contributed by atoms with E-state index >= 15 is 0 Å². The highest BCUT2D eigenvalue weighted by Gasteiger charge is 2.42. The molecule has 0 unspecified atom stereocenters. The molecule has 0 aromatic heterocycles. The minimum Gasteiger partial charge on any atom is -0.0886 e. The summed E-state index contributed by atoms with van der Waals surface area (Å²) in [4.78, 5) is 0. The van der Waals surface area contributed by atoms with Gasteiger partial charge < -0.3 is 0 Å². The molecule has 0 radical (unpaired) electrons. The maximum absolute atomic E-state index is 2.64. The number of hydrogen-bond acceptors (Lipinski definition) is 0. The van der Waals surface area contributed by atoms with Crippen LogP contribution in [0.25, 0.3) is 0 Å². The van der Waals surface area contributed by atoms with E-state index in [2.05, 4.69) is 136 Å². The minimum atomic E-state index is -1.80. The molecule has 33 heavy (non-hydrogen) atoms. The summed E-state index contributed by atoms with van der Waals surface area (Å²) in [6.45, 7) is 12.7. The topological polar surface area (TPSA) is 0 Å². The highest BCUT2D eigenvalue weighted by molar-refractivity contribution is 6.92. The molecule has 174 valence electrons. The summed E-state index contributed by atoms with van der Waals surface area (Å²) in [5.74, 6) is 0. The first-order chi connectivity index (χ1) is 15.9. The summed E-state index contributed by atoms with van der Waals surface area (Å²) in [7, 11) is -3.38. The van der Waals surface area contributed by atoms with Crippen molar-refractivity contribution in [2.75, 3.05) is 0 Å². The molecule has 0 heterocycles. The molecule has 0 bridgehead atoms. The van der Waals surface area contributed by atoms with Crippen LogP contribution in [0.1, 0.15) is 42.9 Å². The molecule has 3 aromatic carbocycles. The van der Waals surface area contributed by atoms with Crippen LogP contribution in [-0.2, 0) is 0 Å². The van der Waals surface area contributed by atoms with E-state index in [1.807, 2.05) is 0 Å². The van der Waals surface area contributed by atoms with Crippen LogP contribution in [0.15, 0.2) is 103 Å². The van der Waals surface area contributed by atoms with Crippen LogP contribution >= 0.6 is 0 Å². The summed E-state index contributed by atoms with van der Waals surface area (Å²) in [5.41, 5.74) is 4.08. The van der Waals surface area contributed by atoms with Gasteiger partial charge in [-0.05, 0) is 29.1 Å². The Hall–Kier alpha value is -2.17. The van der Waals surface area contributed by atoms with Crippen molar-refractivity contribution in [3.8, 4) is 0 Å². The summed E-state index contributed by atoms with van der Waals surface area (Å²) < 4.78 is 0. The van der Waals surface area contributed by atoms with Crippen molar-refractivity contribution in [3.05, 3.63) is 114 Å². The van der Waals surface area contributed by atoms with E-state index in [4.69, 9.17) is 0 Å². The fraction of sp³-hybridized carbons (Fsp3) is 0.355. The smallest absolute Gasteiger partial charge is 0.0809 e. The van der Waals surface area contributed by atoms with E-state index < -0.39 is 16.1 Å². The molecule has 0 aliphatic heterocycles. The molecule has 0 aliphatic rings. The molecule has 0 N–H and O–H groups in total. The van der Waals surface area contributed by atoms with Crippen LogP contribution < -0.4 is 5.19 Å². The molecule has 3 aromatic rings. The van der Waals surface area contributed by atoms with Gasteiger partial charge in [-0.2, -0.15) is 0 Å². The normalized spacial score (nSPS) is 13.5. The van der Waals surface area contributed by atoms with Gasteiger partial charge in [0.25, 0.3) is 0 Å². The molecule has 0 saturated carbocycles. The second kappa shape index (κ2) is 11.8. The number of hydrogen-bond donors (Lipinski definition) is 0. The van der Waals surface area contributed by atoms with Crippen LogP contribution in [0.5, 0.6) is 0 Å². The van der Waals surface area contributed by atoms with Gasteiger partial charge in [0.1, 0.15) is 0 Å². The molecule has 0 aliphatic carbocycles. The van der Waals surface area contributed by atoms with Crippen molar-refractivity contribution in [2.24, 2.45) is 0 Å². The number of allylic oxidation sites excluding steroid dienone is 2. The van der Waals surface area contributed by atoms with Crippen LogP contribution in [0, 0.1) is 0 Å². The summed E-state index contributed by atoms with van der Waals surface area (Å²) in [5, 5.41) is 1.58. The Bertz CT molecular complexity index is 936. The monoisotopic (exact) mass is 470 g/mol. The number of unbranched alkanes of at least 4 members (excludes halogenated alkanes) is 2. The van der Waals surface area contributed by atoms with Gasteiger partial charge in [0.15, 0.2) is 0 Å². The van der Waals surface area contributed by atoms with Crippen molar-refractivity contribution in [2.45, 2.75) is 69.5 Å². The van der Waals surface area contributed by atoms with Crippen molar-refractivity contribution in [3.63, 3.8) is 0 Å². The summed E-state index contributed by atoms with van der Waals surface area (Å²) in [6.07, 6.45) is 8.89. The van der Waals surface area contributed by atoms with E-state index in [0.29, 0.717) is 11.1 Å². The third-order valence-corrected chi connectivity index (χ3v) is 15.6. The fourth-order valence-corrected chi connectivity index (χ4v) is 14.6. The first-order valence-electron chi connectivity index (χ1n) is 12.7. The molecule has 3 rings (SSSR count). The standard InChI is InChI=1S/C31H42Si2/c1-6-7-8-16-25-30(26-32(2,3)29-23-17-11-18-24-29)33(4,5)31(27-19-12-9-13-20-27)28-21-14-10-15-22-28/h9-25,30-31H,6-8,26H2,1-5H3/b25-16+/t30-/m1/s1. The van der Waals surface area contributed by atoms with E-state index in [-0.39, 0.29) is 0 Å². The Balaban J connectivity index is 2.04. The van der Waals surface area contributed by atoms with Crippen molar-refractivity contribution in [1.82, 2.24) is 0 Å². The van der Waals surface area contributed by atoms with Gasteiger partial charge in [0.2, 0.25) is 0 Å². The van der Waals surface area contributed by atoms with Gasteiger partial charge in [0, 0.05) is 5.54 Å². The predicted octanol–water partition coefficient (Wildman–Crippen LogP) is 8.80. The zero-order valence-corrected chi connectivity index (χ0v) is 23.3. The largest absolute Gasteiger partial charge is 0.0886 e. The van der Waals surface area contributed by atoms with E-state index in [1.54, 1.807) is 5.19 Å². The van der Waals surface area contributed by atoms with Gasteiger partial charge in [-0.1, -0.05) is 154 Å². The maximum Gasteiger partial charge on any atom is 0.0809 e. The fourth-order valence-electron chi connectivity index (χ4n) is 5.28. The minimum absolute atomic E-state index is 0.487. The van der Waals surface area contributed by atoms with E-state index in [0.717, 1.165) is 0 Å². The van der Waals surface area contributed by atoms with Crippen LogP contribution in [-0.4, -0.2) is 16.1 Å². The van der Waals surface area contributed by atoms with Gasteiger partial charge in [0.05, 0.1) is 16.1 Å². The van der Waals surface area contributed by atoms with Crippen LogP contribution in [0.4, 0.5) is 0 Å². The molecular formula is C31H42Si2. The Morgan fingerprint density at radius 3 is 1.67 bits per heavy atom. The summed E-state index contributed by atoms with van der Waals surface area (Å²) >= 11 is 0. The lowest BCUT2D eigenvalue weighted by Crippen LogP contribution is -2.48. The molecule has 0 spiro atoms. The molecule has 0 amide bonds. The SMILES string of the molecule is CCCC/C=C/[C@H](C[Si](C)(C)c1ccccc1)[Si](C)(C)C(c1ccccc1)c1ccccc1. The first-order valence-corrected chi connectivity index (χ1v) is 19.0. The van der Waals surface area contributed by atoms with Gasteiger partial charge >= 0.3 is 0 Å². The number of rotatable bonds is 11. The molecular weight excluding hydrogens is 429 g/mol. The van der Waals surface area contributed by atoms with Crippen molar-refractivity contribution < 1.29 is 0 Å². The van der Waals surface area contributed by atoms with Crippen molar-refractivity contribution >= 4 is 21.3 Å². The molecule has 0 nitrogen and oxygen atoms in total. The van der Waals surface area contributed by atoms with Crippen LogP contribution in [0.3, 0.4) is 0 Å². The molecule has 1 atom stereocenters. The average molecular weight is 471 g/mol. The average Bonchev–Trinajstić information content (AvgIpc) is 2.83. The zero-order valence-electron chi connectivity index (χ0n) is 21.3. The quantitative estimate of drug-likeness (QED) is 0.149. The summed E-state index contributed by atoms with van der Waals surface area (Å²) in [6, 6.07) is 35.2. The van der Waals surface area contributed by atoms with Gasteiger partial charge in [-0.3, -0.25) is 0 Å². The van der Waals surface area contributed by atoms with Gasteiger partial charge in [-0.25, -0.2) is 0 Å². The second-order valence-corrected chi connectivity index (χ2v) is 20.4. The molecule has 0 fully saturated rings. The lowest BCUT2D eigenvalue weighted by Gasteiger charge is -2.42. The van der Waals surface area contributed by atoms with Gasteiger partial charge in [-0.15, -0.1) is 0 Å². The van der Waals surface area contributed by atoms with Crippen LogP contribution in [0.2, 0.25) is 37.8 Å². The third-order valence-electron chi connectivity index (χ3n) is 7.34. The molecule has 2 heteroatoms.